The van der Waals surface area contributed by atoms with Crippen molar-refractivity contribution in [3.05, 3.63) is 65.7 Å². The Labute approximate surface area is 157 Å². The molecule has 4 nitrogen and oxygen atoms in total. The molecule has 2 aromatic rings. The molecule has 0 aromatic heterocycles. The van der Waals surface area contributed by atoms with Gasteiger partial charge in [0.15, 0.2) is 0 Å². The van der Waals surface area contributed by atoms with Gasteiger partial charge in [-0.2, -0.15) is 0 Å². The van der Waals surface area contributed by atoms with E-state index >= 15 is 0 Å². The van der Waals surface area contributed by atoms with E-state index in [1.165, 1.54) is 16.8 Å². The van der Waals surface area contributed by atoms with Gasteiger partial charge in [0, 0.05) is 45.5 Å². The Morgan fingerprint density at radius 2 is 1.73 bits per heavy atom. The number of nitrogens with zero attached hydrogens (tertiary/aromatic N) is 3. The number of rotatable bonds is 5. The van der Waals surface area contributed by atoms with Crippen molar-refractivity contribution in [3.8, 4) is 0 Å². The molecule has 3 rings (SSSR count). The van der Waals surface area contributed by atoms with Crippen LogP contribution in [0, 0.1) is 6.92 Å². The highest BCUT2D eigenvalue weighted by molar-refractivity contribution is 5.81. The summed E-state index contributed by atoms with van der Waals surface area (Å²) in [5.41, 5.74) is 3.74. The third-order valence-corrected chi connectivity index (χ3v) is 5.22. The van der Waals surface area contributed by atoms with Gasteiger partial charge in [-0.1, -0.05) is 42.5 Å². The molecule has 1 unspecified atom stereocenters. The minimum absolute atomic E-state index is 0.0802. The molecular weight excluding hydrogens is 322 g/mol. The maximum absolute atomic E-state index is 12.8. The van der Waals surface area contributed by atoms with E-state index < -0.39 is 0 Å². The topological polar surface area (TPSA) is 26.8 Å². The predicted octanol–water partition coefficient (Wildman–Crippen LogP) is 3.16. The van der Waals surface area contributed by atoms with Crippen molar-refractivity contribution in [1.29, 1.82) is 0 Å². The van der Waals surface area contributed by atoms with Crippen molar-refractivity contribution in [2.75, 3.05) is 38.1 Å². The molecule has 1 atom stereocenters. The molecule has 0 bridgehead atoms. The summed E-state index contributed by atoms with van der Waals surface area (Å²) in [6, 6.07) is 18.7. The quantitative estimate of drug-likeness (QED) is 0.828. The highest BCUT2D eigenvalue weighted by Crippen LogP contribution is 2.19. The molecule has 1 aliphatic heterocycles. The highest BCUT2D eigenvalue weighted by Gasteiger charge is 2.27. The molecule has 1 aliphatic rings. The van der Waals surface area contributed by atoms with E-state index in [4.69, 9.17) is 0 Å². The van der Waals surface area contributed by atoms with Gasteiger partial charge < -0.3 is 9.80 Å². The van der Waals surface area contributed by atoms with Crippen molar-refractivity contribution in [1.82, 2.24) is 9.80 Å². The van der Waals surface area contributed by atoms with Crippen molar-refractivity contribution in [2.45, 2.75) is 26.4 Å². The number of benzene rings is 2. The first-order chi connectivity index (χ1) is 12.5. The van der Waals surface area contributed by atoms with Crippen LogP contribution in [0.15, 0.2) is 54.6 Å². The van der Waals surface area contributed by atoms with Gasteiger partial charge in [0.1, 0.15) is 0 Å². The van der Waals surface area contributed by atoms with Crippen LogP contribution in [0.3, 0.4) is 0 Å². The van der Waals surface area contributed by atoms with E-state index in [1.807, 2.05) is 37.1 Å². The van der Waals surface area contributed by atoms with Crippen LogP contribution in [0.5, 0.6) is 0 Å². The number of amides is 1. The lowest BCUT2D eigenvalue weighted by atomic mass is 10.1. The Morgan fingerprint density at radius 3 is 2.38 bits per heavy atom. The lowest BCUT2D eigenvalue weighted by molar-refractivity contribution is -0.135. The smallest absolute Gasteiger partial charge is 0.239 e. The Morgan fingerprint density at radius 1 is 1.04 bits per heavy atom. The fourth-order valence-electron chi connectivity index (χ4n) is 3.60. The molecule has 0 saturated carbocycles. The van der Waals surface area contributed by atoms with Gasteiger partial charge in [0.2, 0.25) is 5.91 Å². The monoisotopic (exact) mass is 351 g/mol. The van der Waals surface area contributed by atoms with Crippen LogP contribution in [0.25, 0.3) is 0 Å². The Kier molecular flexibility index (Phi) is 5.94. The van der Waals surface area contributed by atoms with E-state index in [1.54, 1.807) is 0 Å². The van der Waals surface area contributed by atoms with Gasteiger partial charge in [-0.15, -0.1) is 0 Å². The lowest BCUT2D eigenvalue weighted by Crippen LogP contribution is -2.54. The molecule has 1 heterocycles. The number of piperazine rings is 1. The molecule has 0 N–H and O–H groups in total. The molecular formula is C22H29N3O. The van der Waals surface area contributed by atoms with E-state index in [-0.39, 0.29) is 11.9 Å². The molecule has 0 aliphatic carbocycles. The van der Waals surface area contributed by atoms with E-state index in [2.05, 4.69) is 53.1 Å². The number of carbonyl (C=O) groups excluding carboxylic acids is 1. The van der Waals surface area contributed by atoms with Gasteiger partial charge in [0.05, 0.1) is 6.04 Å². The number of likely N-dealkylation sites (N-methyl/N-ethyl adjacent to an activating group) is 1. The maximum atomic E-state index is 12.8. The van der Waals surface area contributed by atoms with Crippen LogP contribution >= 0.6 is 0 Å². The second-order valence-electron chi connectivity index (χ2n) is 7.22. The number of hydrogen-bond donors (Lipinski definition) is 0. The minimum Gasteiger partial charge on any atom is -0.369 e. The minimum atomic E-state index is -0.0802. The summed E-state index contributed by atoms with van der Waals surface area (Å²) in [5.74, 6) is 0.192. The molecule has 1 amide bonds. The highest BCUT2D eigenvalue weighted by atomic mass is 16.2. The molecule has 4 heteroatoms. The number of carbonyl (C=O) groups is 1. The molecule has 0 radical (unpaired) electrons. The average molecular weight is 351 g/mol. The van der Waals surface area contributed by atoms with Crippen molar-refractivity contribution in [3.63, 3.8) is 0 Å². The normalized spacial score (nSPS) is 16.3. The zero-order valence-corrected chi connectivity index (χ0v) is 16.1. The standard InChI is InChI=1S/C22H29N3O/c1-18-8-7-11-21(16-18)25-14-12-24(13-15-25)19(2)22(26)23(3)17-20-9-5-4-6-10-20/h4-11,16,19H,12-15,17H2,1-3H3. The van der Waals surface area contributed by atoms with E-state index in [9.17, 15) is 4.79 Å². The molecule has 2 aromatic carbocycles. The number of hydrogen-bond acceptors (Lipinski definition) is 3. The van der Waals surface area contributed by atoms with E-state index in [0.717, 1.165) is 26.2 Å². The second-order valence-corrected chi connectivity index (χ2v) is 7.22. The zero-order valence-electron chi connectivity index (χ0n) is 16.1. The maximum Gasteiger partial charge on any atom is 0.239 e. The summed E-state index contributed by atoms with van der Waals surface area (Å²) in [5, 5.41) is 0. The first-order valence-electron chi connectivity index (χ1n) is 9.39. The number of anilines is 1. The van der Waals surface area contributed by atoms with Gasteiger partial charge >= 0.3 is 0 Å². The first-order valence-corrected chi connectivity index (χ1v) is 9.39. The fraction of sp³-hybridized carbons (Fsp3) is 0.409. The Balaban J connectivity index is 1.54. The predicted molar refractivity (Wildman–Crippen MR) is 107 cm³/mol. The van der Waals surface area contributed by atoms with Crippen LogP contribution in [0.1, 0.15) is 18.1 Å². The Bertz CT molecular complexity index is 723. The third kappa shape index (κ3) is 4.44. The van der Waals surface area contributed by atoms with Gasteiger partial charge in [-0.05, 0) is 37.1 Å². The summed E-state index contributed by atoms with van der Waals surface area (Å²) in [4.78, 5) is 19.4. The molecule has 1 saturated heterocycles. The number of aryl methyl sites for hydroxylation is 1. The fourth-order valence-corrected chi connectivity index (χ4v) is 3.60. The van der Waals surface area contributed by atoms with Gasteiger partial charge in [-0.25, -0.2) is 0 Å². The largest absolute Gasteiger partial charge is 0.369 e. The molecule has 0 spiro atoms. The average Bonchev–Trinajstić information content (AvgIpc) is 2.67. The summed E-state index contributed by atoms with van der Waals surface area (Å²) >= 11 is 0. The summed E-state index contributed by atoms with van der Waals surface area (Å²) in [7, 11) is 1.90. The Hall–Kier alpha value is -2.33. The van der Waals surface area contributed by atoms with Crippen LogP contribution in [-0.4, -0.2) is 55.0 Å². The lowest BCUT2D eigenvalue weighted by Gasteiger charge is -2.39. The first kappa shape index (κ1) is 18.5. The zero-order chi connectivity index (χ0) is 18.5. The molecule has 1 fully saturated rings. The van der Waals surface area contributed by atoms with Crippen LogP contribution < -0.4 is 4.90 Å². The van der Waals surface area contributed by atoms with Crippen LogP contribution in [0.4, 0.5) is 5.69 Å². The van der Waals surface area contributed by atoms with Gasteiger partial charge in [0.25, 0.3) is 0 Å². The van der Waals surface area contributed by atoms with Crippen molar-refractivity contribution < 1.29 is 4.79 Å². The van der Waals surface area contributed by atoms with Crippen molar-refractivity contribution in [2.24, 2.45) is 0 Å². The SMILES string of the molecule is Cc1cccc(N2CCN(C(C)C(=O)N(C)Cc3ccccc3)CC2)c1. The van der Waals surface area contributed by atoms with Gasteiger partial charge in [-0.3, -0.25) is 9.69 Å². The molecule has 26 heavy (non-hydrogen) atoms. The summed E-state index contributed by atoms with van der Waals surface area (Å²) in [6.45, 7) is 8.58. The molecule has 138 valence electrons. The summed E-state index contributed by atoms with van der Waals surface area (Å²) < 4.78 is 0. The summed E-state index contributed by atoms with van der Waals surface area (Å²) in [6.07, 6.45) is 0. The second kappa shape index (κ2) is 8.37. The van der Waals surface area contributed by atoms with E-state index in [0.29, 0.717) is 6.54 Å². The van der Waals surface area contributed by atoms with Crippen molar-refractivity contribution >= 4 is 11.6 Å². The van der Waals surface area contributed by atoms with Crippen LogP contribution in [-0.2, 0) is 11.3 Å². The third-order valence-electron chi connectivity index (χ3n) is 5.22. The van der Waals surface area contributed by atoms with Crippen LogP contribution in [0.2, 0.25) is 0 Å².